The highest BCUT2D eigenvalue weighted by molar-refractivity contribution is 7.18. The maximum Gasteiger partial charge on any atom is 0.341 e. The molecule has 0 aliphatic carbocycles. The number of hydrogen-bond donors (Lipinski definition) is 2. The van der Waals surface area contributed by atoms with Crippen molar-refractivity contribution in [3.8, 4) is 0 Å². The van der Waals surface area contributed by atoms with Crippen molar-refractivity contribution in [3.05, 3.63) is 45.3 Å². The van der Waals surface area contributed by atoms with Crippen LogP contribution in [-0.4, -0.2) is 24.4 Å². The molecule has 0 spiro atoms. The van der Waals surface area contributed by atoms with E-state index in [0.29, 0.717) is 26.2 Å². The van der Waals surface area contributed by atoms with Crippen LogP contribution in [0.2, 0.25) is 5.02 Å². The molecule has 1 aromatic heterocycles. The van der Waals surface area contributed by atoms with E-state index in [1.807, 2.05) is 0 Å². The molecule has 6 nitrogen and oxygen atoms in total. The molecular formula is C17H17ClN2O4S. The van der Waals surface area contributed by atoms with E-state index in [2.05, 4.69) is 10.6 Å². The van der Waals surface area contributed by atoms with Gasteiger partial charge in [0.05, 0.1) is 17.0 Å². The zero-order valence-corrected chi connectivity index (χ0v) is 15.5. The Bertz CT molecular complexity index is 832. The first-order valence-electron chi connectivity index (χ1n) is 7.48. The number of hydrogen-bond acceptors (Lipinski definition) is 5. The predicted molar refractivity (Wildman–Crippen MR) is 98.7 cm³/mol. The van der Waals surface area contributed by atoms with Crippen molar-refractivity contribution in [1.82, 2.24) is 0 Å². The van der Waals surface area contributed by atoms with Gasteiger partial charge in [0.25, 0.3) is 5.91 Å². The summed E-state index contributed by atoms with van der Waals surface area (Å²) in [7, 11) is 0. The average molecular weight is 381 g/mol. The first kappa shape index (κ1) is 19.0. The Balaban J connectivity index is 2.38. The smallest absolute Gasteiger partial charge is 0.341 e. The molecule has 0 saturated heterocycles. The summed E-state index contributed by atoms with van der Waals surface area (Å²) in [4.78, 5) is 36.5. The number of esters is 1. The minimum Gasteiger partial charge on any atom is -0.462 e. The number of rotatable bonds is 5. The third-order valence-corrected chi connectivity index (χ3v) is 4.65. The summed E-state index contributed by atoms with van der Waals surface area (Å²) in [5.74, 6) is -1.32. The Morgan fingerprint density at radius 3 is 2.56 bits per heavy atom. The van der Waals surface area contributed by atoms with Gasteiger partial charge in [-0.1, -0.05) is 17.7 Å². The highest BCUT2D eigenvalue weighted by Gasteiger charge is 2.26. The van der Waals surface area contributed by atoms with Gasteiger partial charge < -0.3 is 15.4 Å². The Hall–Kier alpha value is -2.38. The molecule has 2 rings (SSSR count). The zero-order chi connectivity index (χ0) is 18.6. The van der Waals surface area contributed by atoms with Crippen molar-refractivity contribution >= 4 is 51.4 Å². The van der Waals surface area contributed by atoms with Crippen molar-refractivity contribution in [2.24, 2.45) is 0 Å². The maximum absolute atomic E-state index is 12.6. The molecule has 2 amide bonds. The van der Waals surface area contributed by atoms with Crippen LogP contribution in [0.5, 0.6) is 0 Å². The van der Waals surface area contributed by atoms with Crippen molar-refractivity contribution < 1.29 is 19.1 Å². The minimum absolute atomic E-state index is 0.192. The van der Waals surface area contributed by atoms with Crippen LogP contribution < -0.4 is 10.6 Å². The van der Waals surface area contributed by atoms with Crippen molar-refractivity contribution in [1.29, 1.82) is 0 Å². The van der Waals surface area contributed by atoms with Gasteiger partial charge >= 0.3 is 5.97 Å². The molecule has 0 radical (unpaired) electrons. The molecule has 25 heavy (non-hydrogen) atoms. The van der Waals surface area contributed by atoms with Gasteiger partial charge in [0.1, 0.15) is 5.00 Å². The van der Waals surface area contributed by atoms with Crippen LogP contribution in [0.15, 0.2) is 24.3 Å². The molecule has 0 unspecified atom stereocenters. The zero-order valence-electron chi connectivity index (χ0n) is 13.9. The second-order valence-electron chi connectivity index (χ2n) is 5.13. The second kappa shape index (κ2) is 8.13. The largest absolute Gasteiger partial charge is 0.462 e. The standard InChI is InChI=1S/C17H17ClN2O4S/c1-4-24-17(23)13-9(2)14(25-16(13)19-10(3)21)15(22)20-12-7-5-6-11(18)8-12/h5-8H,4H2,1-3H3,(H,19,21)(H,20,22). The lowest BCUT2D eigenvalue weighted by Crippen LogP contribution is -2.13. The van der Waals surface area contributed by atoms with Crippen molar-refractivity contribution in [3.63, 3.8) is 0 Å². The SMILES string of the molecule is CCOC(=O)c1c(NC(C)=O)sc(C(=O)Nc2cccc(Cl)c2)c1C. The van der Waals surface area contributed by atoms with E-state index < -0.39 is 11.9 Å². The Labute approximate surface area is 154 Å². The first-order valence-corrected chi connectivity index (χ1v) is 8.68. The van der Waals surface area contributed by atoms with Gasteiger partial charge in [0, 0.05) is 17.6 Å². The number of anilines is 2. The summed E-state index contributed by atoms with van der Waals surface area (Å²) in [6.45, 7) is 4.85. The molecule has 0 saturated carbocycles. The van der Waals surface area contributed by atoms with E-state index in [9.17, 15) is 14.4 Å². The highest BCUT2D eigenvalue weighted by Crippen LogP contribution is 2.34. The topological polar surface area (TPSA) is 84.5 Å². The van der Waals surface area contributed by atoms with Gasteiger partial charge in [-0.15, -0.1) is 11.3 Å². The molecule has 1 heterocycles. The van der Waals surface area contributed by atoms with Gasteiger partial charge in [-0.2, -0.15) is 0 Å². The number of amides is 2. The summed E-state index contributed by atoms with van der Waals surface area (Å²) in [6.07, 6.45) is 0. The fourth-order valence-corrected chi connectivity index (χ4v) is 3.51. The Kier molecular flexibility index (Phi) is 6.17. The minimum atomic E-state index is -0.582. The van der Waals surface area contributed by atoms with Gasteiger partial charge in [-0.25, -0.2) is 4.79 Å². The lowest BCUT2D eigenvalue weighted by Gasteiger charge is -2.06. The molecule has 0 fully saturated rings. The van der Waals surface area contributed by atoms with Gasteiger partial charge in [0.15, 0.2) is 0 Å². The summed E-state index contributed by atoms with van der Waals surface area (Å²) in [6, 6.07) is 6.73. The normalized spacial score (nSPS) is 10.2. The highest BCUT2D eigenvalue weighted by atomic mass is 35.5. The fourth-order valence-electron chi connectivity index (χ4n) is 2.18. The van der Waals surface area contributed by atoms with E-state index in [0.717, 1.165) is 11.3 Å². The van der Waals surface area contributed by atoms with Crippen LogP contribution in [0.25, 0.3) is 0 Å². The Morgan fingerprint density at radius 2 is 1.96 bits per heavy atom. The van der Waals surface area contributed by atoms with Crippen LogP contribution in [0.4, 0.5) is 10.7 Å². The summed E-state index contributed by atoms with van der Waals surface area (Å²) in [5.41, 5.74) is 1.18. The molecule has 1 aromatic carbocycles. The third kappa shape index (κ3) is 4.58. The number of halogens is 1. The molecular weight excluding hydrogens is 364 g/mol. The van der Waals surface area contributed by atoms with Gasteiger partial charge in [0.2, 0.25) is 5.91 Å². The number of thiophene rings is 1. The molecule has 8 heteroatoms. The van der Waals surface area contributed by atoms with Crippen LogP contribution in [0, 0.1) is 6.92 Å². The van der Waals surface area contributed by atoms with Gasteiger partial charge in [-0.05, 0) is 37.6 Å². The van der Waals surface area contributed by atoms with E-state index >= 15 is 0 Å². The van der Waals surface area contributed by atoms with Crippen LogP contribution >= 0.6 is 22.9 Å². The number of ether oxygens (including phenoxy) is 1. The summed E-state index contributed by atoms with van der Waals surface area (Å²) in [5, 5.41) is 6.09. The molecule has 0 atom stereocenters. The van der Waals surface area contributed by atoms with Crippen LogP contribution in [-0.2, 0) is 9.53 Å². The van der Waals surface area contributed by atoms with Crippen molar-refractivity contribution in [2.45, 2.75) is 20.8 Å². The predicted octanol–water partition coefficient (Wildman–Crippen LogP) is 4.10. The summed E-state index contributed by atoms with van der Waals surface area (Å²) < 4.78 is 5.03. The number of carbonyl (C=O) groups is 3. The lowest BCUT2D eigenvalue weighted by atomic mass is 10.1. The molecule has 132 valence electrons. The quantitative estimate of drug-likeness (QED) is 0.765. The van der Waals surface area contributed by atoms with E-state index in [4.69, 9.17) is 16.3 Å². The summed E-state index contributed by atoms with van der Waals surface area (Å²) >= 11 is 6.93. The van der Waals surface area contributed by atoms with Gasteiger partial charge in [-0.3, -0.25) is 9.59 Å². The monoisotopic (exact) mass is 380 g/mol. The van der Waals surface area contributed by atoms with Crippen molar-refractivity contribution in [2.75, 3.05) is 17.2 Å². The maximum atomic E-state index is 12.6. The molecule has 0 aliphatic rings. The molecule has 2 N–H and O–H groups in total. The fraction of sp³-hybridized carbons (Fsp3) is 0.235. The van der Waals surface area contributed by atoms with Crippen LogP contribution in [0.3, 0.4) is 0 Å². The average Bonchev–Trinajstić information content (AvgIpc) is 2.83. The van der Waals surface area contributed by atoms with Crippen LogP contribution in [0.1, 0.15) is 39.4 Å². The number of nitrogens with one attached hydrogen (secondary N) is 2. The van der Waals surface area contributed by atoms with E-state index in [-0.39, 0.29) is 18.1 Å². The molecule has 2 aromatic rings. The lowest BCUT2D eigenvalue weighted by molar-refractivity contribution is -0.114. The third-order valence-electron chi connectivity index (χ3n) is 3.20. The van der Waals surface area contributed by atoms with E-state index in [1.54, 1.807) is 38.1 Å². The number of carbonyl (C=O) groups excluding carboxylic acids is 3. The number of benzene rings is 1. The molecule has 0 bridgehead atoms. The van der Waals surface area contributed by atoms with E-state index in [1.165, 1.54) is 6.92 Å². The first-order chi connectivity index (χ1) is 11.8. The Morgan fingerprint density at radius 1 is 1.24 bits per heavy atom. The second-order valence-corrected chi connectivity index (χ2v) is 6.58. The molecule has 0 aliphatic heterocycles.